The highest BCUT2D eigenvalue weighted by Crippen LogP contribution is 2.42. The van der Waals surface area contributed by atoms with Crippen molar-refractivity contribution in [2.45, 2.75) is 13.3 Å². The summed E-state index contributed by atoms with van der Waals surface area (Å²) in [5.41, 5.74) is 0.947. The van der Waals surface area contributed by atoms with Crippen LogP contribution >= 0.6 is 0 Å². The molecule has 2 aromatic carbocycles. The first-order chi connectivity index (χ1) is 13.9. The Bertz CT molecular complexity index is 1100. The summed E-state index contributed by atoms with van der Waals surface area (Å²) in [5.74, 6) is -2.44. The molecule has 0 aliphatic heterocycles. The van der Waals surface area contributed by atoms with Crippen LogP contribution in [0.4, 0.5) is 0 Å². The van der Waals surface area contributed by atoms with Crippen molar-refractivity contribution >= 4 is 17.5 Å². The molecule has 7 nitrogen and oxygen atoms in total. The maximum Gasteiger partial charge on any atom is 0.310 e. The van der Waals surface area contributed by atoms with Crippen LogP contribution in [0.15, 0.2) is 48.5 Å². The minimum absolute atomic E-state index is 0.0839. The largest absolute Gasteiger partial charge is 0.494 e. The van der Waals surface area contributed by atoms with Gasteiger partial charge < -0.3 is 14.9 Å². The molecule has 0 saturated heterocycles. The van der Waals surface area contributed by atoms with Gasteiger partial charge >= 0.3 is 5.97 Å². The molecule has 0 spiro atoms. The van der Waals surface area contributed by atoms with E-state index in [-0.39, 0.29) is 41.3 Å². The minimum atomic E-state index is -0.527. The zero-order chi connectivity index (χ0) is 20.7. The molecule has 29 heavy (non-hydrogen) atoms. The smallest absolute Gasteiger partial charge is 0.310 e. The van der Waals surface area contributed by atoms with Crippen LogP contribution in [0, 0.1) is 0 Å². The Labute approximate surface area is 165 Å². The number of benzene rings is 2. The maximum atomic E-state index is 12.8. The average molecular weight is 391 g/mol. The normalized spacial score (nSPS) is 12.4. The summed E-state index contributed by atoms with van der Waals surface area (Å²) < 4.78 is 5.95. The van der Waals surface area contributed by atoms with Crippen LogP contribution in [0.5, 0.6) is 11.8 Å². The monoisotopic (exact) mass is 391 g/mol. The van der Waals surface area contributed by atoms with E-state index in [2.05, 4.69) is 0 Å². The third-order valence-electron chi connectivity index (χ3n) is 4.84. The van der Waals surface area contributed by atoms with Gasteiger partial charge in [0.05, 0.1) is 29.8 Å². The van der Waals surface area contributed by atoms with Crippen LogP contribution in [0.25, 0.3) is 5.69 Å². The molecular formula is C22H17NO6. The molecule has 1 aliphatic rings. The molecule has 1 heterocycles. The summed E-state index contributed by atoms with van der Waals surface area (Å²) >= 11 is 0. The van der Waals surface area contributed by atoms with Gasteiger partial charge in [-0.1, -0.05) is 36.4 Å². The number of nitrogens with zero attached hydrogens (tertiary/aromatic N) is 1. The van der Waals surface area contributed by atoms with Crippen molar-refractivity contribution in [1.29, 1.82) is 0 Å². The van der Waals surface area contributed by atoms with E-state index in [0.717, 1.165) is 4.57 Å². The zero-order valence-electron chi connectivity index (χ0n) is 15.5. The Morgan fingerprint density at radius 1 is 0.897 bits per heavy atom. The fraction of sp³-hybridized carbons (Fsp3) is 0.136. The standard InChI is InChI=1S/C22H17NO6/c1-2-29-16(24)11-12-7-9-13(10-8-12)23-21(27)17-18(22(23)28)20(26)15-6-4-3-5-14(15)19(17)25/h3-10,27-28H,2,11H2,1H3. The molecule has 7 heteroatoms. The van der Waals surface area contributed by atoms with E-state index >= 15 is 0 Å². The van der Waals surface area contributed by atoms with Crippen LogP contribution in [0.3, 0.4) is 0 Å². The first-order valence-electron chi connectivity index (χ1n) is 9.04. The number of fused-ring (bicyclic) bond motifs is 2. The summed E-state index contributed by atoms with van der Waals surface area (Å²) in [4.78, 5) is 37.2. The lowest BCUT2D eigenvalue weighted by Crippen LogP contribution is -2.19. The maximum absolute atomic E-state index is 12.8. The lowest BCUT2D eigenvalue weighted by molar-refractivity contribution is -0.142. The summed E-state index contributed by atoms with van der Waals surface area (Å²) in [6.45, 7) is 2.01. The van der Waals surface area contributed by atoms with Crippen LogP contribution in [0.2, 0.25) is 0 Å². The number of aromatic nitrogens is 1. The van der Waals surface area contributed by atoms with Gasteiger partial charge in [0, 0.05) is 11.1 Å². The van der Waals surface area contributed by atoms with Crippen molar-refractivity contribution in [2.24, 2.45) is 0 Å². The molecule has 0 fully saturated rings. The zero-order valence-corrected chi connectivity index (χ0v) is 15.5. The van der Waals surface area contributed by atoms with E-state index in [9.17, 15) is 24.6 Å². The van der Waals surface area contributed by atoms with Gasteiger partial charge in [0.1, 0.15) is 0 Å². The lowest BCUT2D eigenvalue weighted by Gasteiger charge is -2.13. The molecule has 1 aromatic heterocycles. The predicted octanol–water partition coefficient (Wildman–Crippen LogP) is 2.77. The third kappa shape index (κ3) is 2.87. The summed E-state index contributed by atoms with van der Waals surface area (Å²) in [5, 5.41) is 21.3. The SMILES string of the molecule is CCOC(=O)Cc1ccc(-n2c(O)c3c(c2O)C(=O)c2ccccc2C3=O)cc1. The van der Waals surface area contributed by atoms with E-state index in [4.69, 9.17) is 4.74 Å². The highest BCUT2D eigenvalue weighted by atomic mass is 16.5. The van der Waals surface area contributed by atoms with Gasteiger partial charge in [-0.25, -0.2) is 0 Å². The fourth-order valence-corrected chi connectivity index (χ4v) is 3.51. The van der Waals surface area contributed by atoms with E-state index in [1.807, 2.05) is 0 Å². The van der Waals surface area contributed by atoms with E-state index in [1.165, 1.54) is 12.1 Å². The molecule has 0 unspecified atom stereocenters. The predicted molar refractivity (Wildman–Crippen MR) is 103 cm³/mol. The van der Waals surface area contributed by atoms with Crippen molar-refractivity contribution in [2.75, 3.05) is 6.61 Å². The molecule has 0 radical (unpaired) electrons. The summed E-state index contributed by atoms with van der Waals surface area (Å²) in [6, 6.07) is 12.7. The summed E-state index contributed by atoms with van der Waals surface area (Å²) in [7, 11) is 0. The van der Waals surface area contributed by atoms with Gasteiger partial charge in [0.15, 0.2) is 11.6 Å². The molecular weight excluding hydrogens is 374 g/mol. The number of hydrogen-bond acceptors (Lipinski definition) is 6. The van der Waals surface area contributed by atoms with Gasteiger partial charge in [0.2, 0.25) is 11.8 Å². The number of esters is 1. The van der Waals surface area contributed by atoms with Crippen LogP contribution in [-0.2, 0) is 16.0 Å². The number of ether oxygens (including phenoxy) is 1. The number of ketones is 2. The van der Waals surface area contributed by atoms with Gasteiger partial charge in [-0.05, 0) is 24.6 Å². The Morgan fingerprint density at radius 2 is 1.41 bits per heavy atom. The Kier molecular flexibility index (Phi) is 4.43. The van der Waals surface area contributed by atoms with Crippen molar-refractivity contribution in [3.8, 4) is 17.4 Å². The lowest BCUT2D eigenvalue weighted by atomic mass is 9.86. The molecule has 1 aliphatic carbocycles. The van der Waals surface area contributed by atoms with Crippen LogP contribution < -0.4 is 0 Å². The average Bonchev–Trinajstić information content (AvgIpc) is 2.98. The minimum Gasteiger partial charge on any atom is -0.494 e. The van der Waals surface area contributed by atoms with Gasteiger partial charge in [-0.3, -0.25) is 19.0 Å². The van der Waals surface area contributed by atoms with E-state index < -0.39 is 23.3 Å². The number of carbonyl (C=O) groups excluding carboxylic acids is 3. The number of rotatable bonds is 4. The Morgan fingerprint density at radius 3 is 1.90 bits per heavy atom. The van der Waals surface area contributed by atoms with E-state index in [0.29, 0.717) is 11.3 Å². The third-order valence-corrected chi connectivity index (χ3v) is 4.84. The van der Waals surface area contributed by atoms with Gasteiger partial charge in [0.25, 0.3) is 0 Å². The molecule has 146 valence electrons. The second kappa shape index (κ2) is 6.94. The van der Waals surface area contributed by atoms with E-state index in [1.54, 1.807) is 43.3 Å². The molecule has 4 rings (SSSR count). The second-order valence-corrected chi connectivity index (χ2v) is 6.58. The molecule has 0 atom stereocenters. The molecule has 2 N–H and O–H groups in total. The van der Waals surface area contributed by atoms with Crippen molar-refractivity contribution in [3.05, 3.63) is 76.3 Å². The van der Waals surface area contributed by atoms with Gasteiger partial charge in [-0.2, -0.15) is 0 Å². The molecule has 0 saturated carbocycles. The molecule has 0 amide bonds. The molecule has 0 bridgehead atoms. The number of aromatic hydroxyl groups is 2. The second-order valence-electron chi connectivity index (χ2n) is 6.58. The highest BCUT2D eigenvalue weighted by Gasteiger charge is 2.38. The highest BCUT2D eigenvalue weighted by molar-refractivity contribution is 6.30. The number of hydrogen-bond donors (Lipinski definition) is 2. The first kappa shape index (κ1) is 18.5. The van der Waals surface area contributed by atoms with Crippen LogP contribution in [-0.4, -0.2) is 38.9 Å². The summed E-state index contributed by atoms with van der Waals surface area (Å²) in [6.07, 6.45) is 0.0839. The van der Waals surface area contributed by atoms with Crippen molar-refractivity contribution in [3.63, 3.8) is 0 Å². The Balaban J connectivity index is 1.77. The topological polar surface area (TPSA) is 106 Å². The van der Waals surface area contributed by atoms with Crippen molar-refractivity contribution in [1.82, 2.24) is 4.57 Å². The van der Waals surface area contributed by atoms with Crippen molar-refractivity contribution < 1.29 is 29.3 Å². The quantitative estimate of drug-likeness (QED) is 0.518. The molecule has 3 aromatic rings. The van der Waals surface area contributed by atoms with Gasteiger partial charge in [-0.15, -0.1) is 0 Å². The van der Waals surface area contributed by atoms with Crippen LogP contribution in [0.1, 0.15) is 44.3 Å². The Hall–Kier alpha value is -3.87. The first-order valence-corrected chi connectivity index (χ1v) is 9.04. The fourth-order valence-electron chi connectivity index (χ4n) is 3.51. The number of carbonyl (C=O) groups is 3.